The Kier molecular flexibility index (Phi) is 6.42. The lowest BCUT2D eigenvalue weighted by Gasteiger charge is -2.40. The highest BCUT2D eigenvalue weighted by Crippen LogP contribution is 2.42. The maximum absolute atomic E-state index is 14.1. The molecule has 4 atom stereocenters. The Hall–Kier alpha value is -2.77. The van der Waals surface area contributed by atoms with Crippen LogP contribution in [-0.2, 0) is 9.53 Å². The average molecular weight is 451 g/mol. The highest BCUT2D eigenvalue weighted by molar-refractivity contribution is 5.77. The number of hydrogen-bond acceptors (Lipinski definition) is 4. The molecule has 2 fully saturated rings. The third kappa shape index (κ3) is 4.52. The van der Waals surface area contributed by atoms with Gasteiger partial charge < -0.3 is 14.6 Å². The van der Waals surface area contributed by atoms with E-state index >= 15 is 0 Å². The van der Waals surface area contributed by atoms with Crippen molar-refractivity contribution >= 4 is 16.9 Å². The first-order chi connectivity index (χ1) is 16.1. The molecule has 2 aromatic carbocycles. The van der Waals surface area contributed by atoms with Crippen LogP contribution in [0.3, 0.4) is 0 Å². The number of imidazole rings is 1. The quantitative estimate of drug-likeness (QED) is 0.558. The van der Waals surface area contributed by atoms with E-state index in [1.54, 1.807) is 6.07 Å². The molecule has 3 unspecified atom stereocenters. The molecular formula is C26H31FN4O2. The third-order valence-electron chi connectivity index (χ3n) is 7.30. The molecular weight excluding hydrogens is 419 g/mol. The maximum Gasteiger partial charge on any atom is 0.246 e. The molecule has 1 amide bonds. The molecule has 7 heteroatoms. The predicted molar refractivity (Wildman–Crippen MR) is 125 cm³/mol. The number of para-hydroxylation sites is 1. The molecule has 5 rings (SSSR count). The van der Waals surface area contributed by atoms with Crippen LogP contribution in [0.15, 0.2) is 54.9 Å². The van der Waals surface area contributed by atoms with Gasteiger partial charge in [-0.3, -0.25) is 9.69 Å². The summed E-state index contributed by atoms with van der Waals surface area (Å²) in [6.45, 7) is 1.01. The fourth-order valence-electron chi connectivity index (χ4n) is 5.80. The van der Waals surface area contributed by atoms with E-state index in [2.05, 4.69) is 31.9 Å². The van der Waals surface area contributed by atoms with Crippen LogP contribution in [0.4, 0.5) is 4.39 Å². The maximum atomic E-state index is 14.1. The van der Waals surface area contributed by atoms with Crippen molar-refractivity contribution in [2.45, 2.75) is 56.3 Å². The van der Waals surface area contributed by atoms with E-state index in [-0.39, 0.29) is 24.4 Å². The van der Waals surface area contributed by atoms with Crippen LogP contribution in [0.2, 0.25) is 0 Å². The third-order valence-corrected chi connectivity index (χ3v) is 7.30. The molecule has 0 saturated carbocycles. The van der Waals surface area contributed by atoms with Crippen molar-refractivity contribution in [3.05, 3.63) is 66.2 Å². The largest absolute Gasteiger partial charge is 0.375 e. The number of carbonyl (C=O) groups excluding carboxylic acids is 1. The molecule has 174 valence electrons. The second-order valence-corrected chi connectivity index (χ2v) is 9.26. The summed E-state index contributed by atoms with van der Waals surface area (Å²) in [7, 11) is 1.54. The van der Waals surface area contributed by atoms with Crippen molar-refractivity contribution in [3.8, 4) is 0 Å². The number of nitrogens with zero attached hydrogens (tertiary/aromatic N) is 3. The Labute approximate surface area is 193 Å². The van der Waals surface area contributed by atoms with Crippen LogP contribution in [0.5, 0.6) is 0 Å². The molecule has 33 heavy (non-hydrogen) atoms. The molecule has 2 aliphatic heterocycles. The van der Waals surface area contributed by atoms with Gasteiger partial charge in [-0.15, -0.1) is 0 Å². The minimum Gasteiger partial charge on any atom is -0.375 e. The molecule has 1 aromatic heterocycles. The van der Waals surface area contributed by atoms with E-state index in [0.29, 0.717) is 23.6 Å². The number of amides is 1. The second kappa shape index (κ2) is 9.61. The van der Waals surface area contributed by atoms with E-state index in [9.17, 15) is 9.18 Å². The molecule has 0 aliphatic carbocycles. The Morgan fingerprint density at radius 3 is 2.61 bits per heavy atom. The highest BCUT2D eigenvalue weighted by Gasteiger charge is 2.41. The van der Waals surface area contributed by atoms with Crippen LogP contribution < -0.4 is 5.32 Å². The fraction of sp³-hybridized carbons (Fsp3) is 0.462. The monoisotopic (exact) mass is 450 g/mol. The molecule has 3 heterocycles. The Bertz CT molecular complexity index is 1090. The minimum atomic E-state index is -0.255. The number of piperidine rings is 1. The van der Waals surface area contributed by atoms with Crippen LogP contribution in [0, 0.1) is 5.82 Å². The summed E-state index contributed by atoms with van der Waals surface area (Å²) in [6, 6.07) is 16.7. The number of benzene rings is 2. The van der Waals surface area contributed by atoms with Gasteiger partial charge in [0.1, 0.15) is 12.1 Å². The van der Waals surface area contributed by atoms with Crippen LogP contribution >= 0.6 is 0 Å². The summed E-state index contributed by atoms with van der Waals surface area (Å²) in [5.74, 6) is -0.346. The SMILES string of the molecule is COCC(=O)NC(CCN1C2CC[C@H]1CC(n1cnc3c(F)cccc31)C2)c1ccccc1. The topological polar surface area (TPSA) is 59.4 Å². The smallest absolute Gasteiger partial charge is 0.246 e. The zero-order chi connectivity index (χ0) is 22.8. The zero-order valence-electron chi connectivity index (χ0n) is 19.0. The molecule has 0 radical (unpaired) electrons. The van der Waals surface area contributed by atoms with Crippen molar-refractivity contribution in [2.75, 3.05) is 20.3 Å². The van der Waals surface area contributed by atoms with E-state index in [1.807, 2.05) is 30.6 Å². The van der Waals surface area contributed by atoms with Crippen molar-refractivity contribution < 1.29 is 13.9 Å². The normalized spacial score (nSPS) is 23.6. The van der Waals surface area contributed by atoms with Gasteiger partial charge in [-0.25, -0.2) is 9.37 Å². The molecule has 2 aliphatic rings. The minimum absolute atomic E-state index is 0.0356. The number of rotatable bonds is 8. The first kappa shape index (κ1) is 22.0. The van der Waals surface area contributed by atoms with Gasteiger partial charge in [0.05, 0.1) is 17.9 Å². The van der Waals surface area contributed by atoms with Gasteiger partial charge in [0, 0.05) is 31.8 Å². The van der Waals surface area contributed by atoms with Crippen LogP contribution in [-0.4, -0.2) is 52.7 Å². The summed E-state index contributed by atoms with van der Waals surface area (Å²) in [5, 5.41) is 3.14. The molecule has 2 saturated heterocycles. The predicted octanol–water partition coefficient (Wildman–Crippen LogP) is 4.24. The molecule has 0 spiro atoms. The number of nitrogens with one attached hydrogen (secondary N) is 1. The molecule has 2 bridgehead atoms. The van der Waals surface area contributed by atoms with E-state index in [4.69, 9.17) is 4.74 Å². The van der Waals surface area contributed by atoms with Crippen LogP contribution in [0.1, 0.15) is 49.8 Å². The first-order valence-electron chi connectivity index (χ1n) is 11.8. The van der Waals surface area contributed by atoms with E-state index in [1.165, 1.54) is 26.0 Å². The molecule has 1 N–H and O–H groups in total. The summed E-state index contributed by atoms with van der Waals surface area (Å²) in [4.78, 5) is 19.2. The zero-order valence-corrected chi connectivity index (χ0v) is 19.0. The summed E-state index contributed by atoms with van der Waals surface area (Å²) >= 11 is 0. The molecule has 6 nitrogen and oxygen atoms in total. The van der Waals surface area contributed by atoms with Gasteiger partial charge in [-0.05, 0) is 49.8 Å². The van der Waals surface area contributed by atoms with Gasteiger partial charge >= 0.3 is 0 Å². The number of aromatic nitrogens is 2. The standard InChI is InChI=1S/C26H31FN4O2/c1-33-16-25(32)29-23(18-6-3-2-4-7-18)12-13-30-19-10-11-20(30)15-21(14-19)31-17-28-26-22(27)8-5-9-24(26)31/h2-9,17,19-21,23H,10-16H2,1H3,(H,29,32)/t19-,20?,21?,23?/m0/s1. The lowest BCUT2D eigenvalue weighted by atomic mass is 9.95. The number of fused-ring (bicyclic) bond motifs is 3. The van der Waals surface area contributed by atoms with Gasteiger partial charge in [0.2, 0.25) is 5.91 Å². The van der Waals surface area contributed by atoms with Crippen molar-refractivity contribution in [1.29, 1.82) is 0 Å². The van der Waals surface area contributed by atoms with Gasteiger partial charge in [0.25, 0.3) is 0 Å². The van der Waals surface area contributed by atoms with Crippen molar-refractivity contribution in [1.82, 2.24) is 19.8 Å². The van der Waals surface area contributed by atoms with Crippen molar-refractivity contribution in [2.24, 2.45) is 0 Å². The van der Waals surface area contributed by atoms with Gasteiger partial charge in [-0.1, -0.05) is 36.4 Å². The van der Waals surface area contributed by atoms with E-state index in [0.717, 1.165) is 36.9 Å². The number of methoxy groups -OCH3 is 1. The van der Waals surface area contributed by atoms with Crippen LogP contribution in [0.25, 0.3) is 11.0 Å². The lowest BCUT2D eigenvalue weighted by Crippen LogP contribution is -2.45. The van der Waals surface area contributed by atoms with E-state index < -0.39 is 0 Å². The summed E-state index contributed by atoms with van der Waals surface area (Å²) in [6.07, 6.45) is 7.14. The molecule has 3 aromatic rings. The van der Waals surface area contributed by atoms with Gasteiger partial charge in [-0.2, -0.15) is 0 Å². The number of halogens is 1. The Balaban J connectivity index is 1.27. The van der Waals surface area contributed by atoms with Crippen molar-refractivity contribution in [3.63, 3.8) is 0 Å². The van der Waals surface area contributed by atoms with Gasteiger partial charge in [0.15, 0.2) is 5.82 Å². The average Bonchev–Trinajstić information content (AvgIpc) is 3.36. The summed E-state index contributed by atoms with van der Waals surface area (Å²) in [5.41, 5.74) is 2.47. The fourth-order valence-corrected chi connectivity index (χ4v) is 5.80. The number of carbonyl (C=O) groups is 1. The first-order valence-corrected chi connectivity index (χ1v) is 11.8. The highest BCUT2D eigenvalue weighted by atomic mass is 19.1. The number of hydrogen-bond donors (Lipinski definition) is 1. The lowest BCUT2D eigenvalue weighted by molar-refractivity contribution is -0.125. The number of ether oxygens (including phenoxy) is 1. The second-order valence-electron chi connectivity index (χ2n) is 9.26. The Morgan fingerprint density at radius 2 is 1.88 bits per heavy atom. The summed E-state index contributed by atoms with van der Waals surface area (Å²) < 4.78 is 21.3. The Morgan fingerprint density at radius 1 is 1.12 bits per heavy atom.